The van der Waals surface area contributed by atoms with E-state index in [0.717, 1.165) is 25.9 Å². The topological polar surface area (TPSA) is 253 Å². The predicted molar refractivity (Wildman–Crippen MR) is 122 cm³/mol. The average Bonchev–Trinajstić information content (AvgIpc) is 2.72. The van der Waals surface area contributed by atoms with E-state index in [4.69, 9.17) is 43.4 Å². The zero-order chi connectivity index (χ0) is 25.6. The molecule has 0 amide bonds. The number of carboxylic acid groups (broad SMARTS) is 4. The van der Waals surface area contributed by atoms with Crippen LogP contribution in [0.5, 0.6) is 0 Å². The number of rotatable bonds is 16. The van der Waals surface area contributed by atoms with Crippen molar-refractivity contribution in [3.05, 3.63) is 0 Å². The molecule has 0 heterocycles. The van der Waals surface area contributed by atoms with Crippen LogP contribution in [0.15, 0.2) is 0 Å². The maximum absolute atomic E-state index is 9.90. The summed E-state index contributed by atoms with van der Waals surface area (Å²) in [5, 5.41) is 32.5. The van der Waals surface area contributed by atoms with Crippen molar-refractivity contribution < 1.29 is 39.6 Å². The molecular weight excluding hydrogens is 424 g/mol. The number of nitrogens with two attached hydrogens (primary N) is 4. The summed E-state index contributed by atoms with van der Waals surface area (Å²) in [5.41, 5.74) is 20.4. The highest BCUT2D eigenvalue weighted by atomic mass is 16.4. The number of carboxylic acids is 4. The lowest BCUT2D eigenvalue weighted by molar-refractivity contribution is -0.139. The normalized spacial score (nSPS) is 9.12. The minimum absolute atomic E-state index is 0.0628. The molecule has 0 fully saturated rings. The Bertz CT molecular complexity index is 379. The third kappa shape index (κ3) is 63.0. The molecule has 0 saturated heterocycles. The second-order valence-corrected chi connectivity index (χ2v) is 6.56. The second kappa shape index (κ2) is 33.4. The molecule has 0 rings (SSSR count). The number of carbonyl (C=O) groups is 4. The minimum Gasteiger partial charge on any atom is -0.481 e. The smallest absolute Gasteiger partial charge is 0.303 e. The van der Waals surface area contributed by atoms with Gasteiger partial charge in [-0.05, 0) is 51.6 Å². The molecule has 0 aliphatic rings. The van der Waals surface area contributed by atoms with Gasteiger partial charge in [0.25, 0.3) is 0 Å². The van der Waals surface area contributed by atoms with E-state index in [1.807, 2.05) is 0 Å². The number of hydrogen-bond donors (Lipinski definition) is 8. The third-order valence-electron chi connectivity index (χ3n) is 3.39. The minimum atomic E-state index is -0.870. The van der Waals surface area contributed by atoms with Gasteiger partial charge in [0.2, 0.25) is 0 Å². The Kier molecular flexibility index (Phi) is 38.6. The maximum atomic E-state index is 9.90. The van der Waals surface area contributed by atoms with Crippen LogP contribution >= 0.6 is 0 Å². The monoisotopic (exact) mass is 468 g/mol. The Morgan fingerprint density at radius 1 is 0.375 bits per heavy atom. The van der Waals surface area contributed by atoms with Crippen LogP contribution in [0.1, 0.15) is 77.0 Å². The van der Waals surface area contributed by atoms with Crippen molar-refractivity contribution in [3.63, 3.8) is 0 Å². The van der Waals surface area contributed by atoms with Crippen LogP contribution in [0.25, 0.3) is 0 Å². The molecule has 192 valence electrons. The molecule has 12 nitrogen and oxygen atoms in total. The van der Waals surface area contributed by atoms with Gasteiger partial charge in [-0.25, -0.2) is 0 Å². The maximum Gasteiger partial charge on any atom is 0.303 e. The van der Waals surface area contributed by atoms with Crippen molar-refractivity contribution >= 4 is 23.9 Å². The Morgan fingerprint density at radius 2 is 0.594 bits per heavy atom. The standard InChI is InChI=1S/C6H16N2.2C6H10O4.C2H8N2/c7-5-3-1-2-4-6-8;2*7-5(8)3-1-2-4-6(9)10;3-1-2-4/h1-8H2;2*1-4H2,(H,7,8)(H,9,10);1-4H2. The lowest BCUT2D eigenvalue weighted by atomic mass is 10.2. The molecule has 12 N–H and O–H groups in total. The van der Waals surface area contributed by atoms with Crippen molar-refractivity contribution in [2.24, 2.45) is 22.9 Å². The Hall–Kier alpha value is -2.28. The third-order valence-corrected chi connectivity index (χ3v) is 3.39. The molecule has 0 unspecified atom stereocenters. The quantitative estimate of drug-likeness (QED) is 0.146. The Labute approximate surface area is 190 Å². The molecular formula is C20H44N4O8. The highest BCUT2D eigenvalue weighted by Crippen LogP contribution is 1.99. The van der Waals surface area contributed by atoms with Crippen molar-refractivity contribution in [1.82, 2.24) is 0 Å². The number of unbranched alkanes of at least 4 members (excludes halogenated alkanes) is 5. The first kappa shape index (κ1) is 37.1. The second-order valence-electron chi connectivity index (χ2n) is 6.56. The molecule has 32 heavy (non-hydrogen) atoms. The Balaban J connectivity index is -0.000000170. The highest BCUT2D eigenvalue weighted by Gasteiger charge is 1.99. The Morgan fingerprint density at radius 3 is 0.719 bits per heavy atom. The van der Waals surface area contributed by atoms with Crippen molar-refractivity contribution in [3.8, 4) is 0 Å². The van der Waals surface area contributed by atoms with Gasteiger partial charge in [0.15, 0.2) is 0 Å². The molecule has 0 spiro atoms. The van der Waals surface area contributed by atoms with E-state index in [1.54, 1.807) is 0 Å². The fraction of sp³-hybridized carbons (Fsp3) is 0.800. The molecule has 0 bridgehead atoms. The number of aliphatic carboxylic acids is 4. The van der Waals surface area contributed by atoms with Gasteiger partial charge in [0.1, 0.15) is 0 Å². The van der Waals surface area contributed by atoms with E-state index < -0.39 is 23.9 Å². The molecule has 0 aromatic heterocycles. The van der Waals surface area contributed by atoms with E-state index in [2.05, 4.69) is 0 Å². The summed E-state index contributed by atoms with van der Waals surface area (Å²) in [4.78, 5) is 39.6. The van der Waals surface area contributed by atoms with Crippen molar-refractivity contribution in [2.75, 3.05) is 26.2 Å². The largest absolute Gasteiger partial charge is 0.481 e. The molecule has 0 aliphatic carbocycles. The van der Waals surface area contributed by atoms with E-state index in [1.165, 1.54) is 12.8 Å². The lowest BCUT2D eigenvalue weighted by Gasteiger charge is -1.94. The van der Waals surface area contributed by atoms with E-state index in [-0.39, 0.29) is 25.7 Å². The van der Waals surface area contributed by atoms with E-state index in [9.17, 15) is 19.2 Å². The van der Waals surface area contributed by atoms with Crippen LogP contribution in [0, 0.1) is 0 Å². The van der Waals surface area contributed by atoms with Gasteiger partial charge in [-0.2, -0.15) is 0 Å². The molecule has 0 saturated carbocycles. The van der Waals surface area contributed by atoms with Crippen LogP contribution < -0.4 is 22.9 Å². The zero-order valence-electron chi connectivity index (χ0n) is 19.0. The SMILES string of the molecule is NCCCCCCN.NCCN.O=C(O)CCCCC(=O)O.O=C(O)CCCCC(=O)O. The van der Waals surface area contributed by atoms with Gasteiger partial charge >= 0.3 is 23.9 Å². The van der Waals surface area contributed by atoms with Gasteiger partial charge in [-0.1, -0.05) is 12.8 Å². The average molecular weight is 469 g/mol. The van der Waals surface area contributed by atoms with Gasteiger partial charge in [0.05, 0.1) is 0 Å². The van der Waals surface area contributed by atoms with Crippen molar-refractivity contribution in [2.45, 2.75) is 77.0 Å². The summed E-state index contributed by atoms with van der Waals surface area (Å²) >= 11 is 0. The summed E-state index contributed by atoms with van der Waals surface area (Å²) < 4.78 is 0. The van der Waals surface area contributed by atoms with Crippen LogP contribution in [0.2, 0.25) is 0 Å². The van der Waals surface area contributed by atoms with Crippen LogP contribution in [-0.4, -0.2) is 70.5 Å². The van der Waals surface area contributed by atoms with Crippen LogP contribution in [-0.2, 0) is 19.2 Å². The van der Waals surface area contributed by atoms with E-state index in [0.29, 0.717) is 38.8 Å². The highest BCUT2D eigenvalue weighted by molar-refractivity contribution is 5.68. The first-order chi connectivity index (χ1) is 15.1. The molecule has 0 aliphatic heterocycles. The zero-order valence-corrected chi connectivity index (χ0v) is 19.0. The number of hydrogen-bond acceptors (Lipinski definition) is 8. The van der Waals surface area contributed by atoms with Crippen LogP contribution in [0.3, 0.4) is 0 Å². The van der Waals surface area contributed by atoms with Crippen molar-refractivity contribution in [1.29, 1.82) is 0 Å². The summed E-state index contributed by atoms with van der Waals surface area (Å²) in [6.07, 6.45) is 6.83. The molecule has 0 radical (unpaired) electrons. The summed E-state index contributed by atoms with van der Waals surface area (Å²) in [5.74, 6) is -3.48. The fourth-order valence-corrected chi connectivity index (χ4v) is 1.75. The van der Waals surface area contributed by atoms with E-state index >= 15 is 0 Å². The van der Waals surface area contributed by atoms with Crippen LogP contribution in [0.4, 0.5) is 0 Å². The predicted octanol–water partition coefficient (Wildman–Crippen LogP) is 0.800. The fourth-order valence-electron chi connectivity index (χ4n) is 1.75. The van der Waals surface area contributed by atoms with Gasteiger partial charge in [-0.15, -0.1) is 0 Å². The van der Waals surface area contributed by atoms with Gasteiger partial charge in [0, 0.05) is 38.8 Å². The van der Waals surface area contributed by atoms with Gasteiger partial charge < -0.3 is 43.4 Å². The molecule has 0 atom stereocenters. The first-order valence-electron chi connectivity index (χ1n) is 10.8. The molecule has 0 aromatic rings. The summed E-state index contributed by atoms with van der Waals surface area (Å²) in [6, 6.07) is 0. The molecule has 12 heteroatoms. The summed E-state index contributed by atoms with van der Waals surface area (Å²) in [7, 11) is 0. The molecule has 0 aromatic carbocycles. The van der Waals surface area contributed by atoms with Gasteiger partial charge in [-0.3, -0.25) is 19.2 Å². The summed E-state index contributed by atoms with van der Waals surface area (Å²) in [6.45, 7) is 2.84. The lowest BCUT2D eigenvalue weighted by Crippen LogP contribution is -2.11. The first-order valence-corrected chi connectivity index (χ1v) is 10.8.